The molecule has 94 valence electrons. The molecule has 0 fully saturated rings. The van der Waals surface area contributed by atoms with Gasteiger partial charge in [0.2, 0.25) is 0 Å². The fourth-order valence-electron chi connectivity index (χ4n) is 1.92. The van der Waals surface area contributed by atoms with Crippen LogP contribution in [0.5, 0.6) is 0 Å². The van der Waals surface area contributed by atoms with E-state index in [-0.39, 0.29) is 0 Å². The van der Waals surface area contributed by atoms with Crippen molar-refractivity contribution in [3.8, 4) is 0 Å². The van der Waals surface area contributed by atoms with Crippen molar-refractivity contribution in [1.29, 1.82) is 0 Å². The zero-order chi connectivity index (χ0) is 12.8. The van der Waals surface area contributed by atoms with E-state index in [9.17, 15) is 0 Å². The van der Waals surface area contributed by atoms with Gasteiger partial charge in [-0.05, 0) is 36.8 Å². The molecule has 0 aromatic heterocycles. The van der Waals surface area contributed by atoms with Crippen molar-refractivity contribution in [3.05, 3.63) is 60.2 Å². The Labute approximate surface area is 109 Å². The molecule has 0 atom stereocenters. The first-order chi connectivity index (χ1) is 8.75. The van der Waals surface area contributed by atoms with Gasteiger partial charge in [-0.15, -0.1) is 0 Å². The smallest absolute Gasteiger partial charge is 0.0366 e. The summed E-state index contributed by atoms with van der Waals surface area (Å²) in [6.45, 7) is 4.05. The lowest BCUT2D eigenvalue weighted by atomic mass is 10.2. The molecule has 0 saturated heterocycles. The van der Waals surface area contributed by atoms with Crippen molar-refractivity contribution in [2.24, 2.45) is 0 Å². The summed E-state index contributed by atoms with van der Waals surface area (Å²) in [5.41, 5.74) is 3.75. The average molecular weight is 240 g/mol. The number of benzene rings is 2. The zero-order valence-electron chi connectivity index (χ0n) is 11.1. The lowest BCUT2D eigenvalue weighted by Gasteiger charge is -2.20. The van der Waals surface area contributed by atoms with Crippen molar-refractivity contribution in [3.63, 3.8) is 0 Å². The highest BCUT2D eigenvalue weighted by Crippen LogP contribution is 2.13. The second-order valence-corrected chi connectivity index (χ2v) is 4.55. The number of hydrogen-bond acceptors (Lipinski definition) is 2. The molecule has 0 spiro atoms. The van der Waals surface area contributed by atoms with E-state index in [2.05, 4.69) is 60.6 Å². The molecule has 2 aromatic rings. The Bertz CT molecular complexity index is 479. The first kappa shape index (κ1) is 12.5. The predicted molar refractivity (Wildman–Crippen MR) is 79.4 cm³/mol. The summed E-state index contributed by atoms with van der Waals surface area (Å²) >= 11 is 0. The first-order valence-electron chi connectivity index (χ1n) is 6.32. The van der Waals surface area contributed by atoms with Gasteiger partial charge in [-0.1, -0.05) is 30.3 Å². The summed E-state index contributed by atoms with van der Waals surface area (Å²) in [5.74, 6) is 0. The minimum Gasteiger partial charge on any atom is -0.383 e. The maximum atomic E-state index is 3.42. The van der Waals surface area contributed by atoms with Gasteiger partial charge in [-0.2, -0.15) is 0 Å². The second-order valence-electron chi connectivity index (χ2n) is 4.55. The third-order valence-corrected chi connectivity index (χ3v) is 2.99. The topological polar surface area (TPSA) is 15.3 Å². The summed E-state index contributed by atoms with van der Waals surface area (Å²) in [6.07, 6.45) is 0. The van der Waals surface area contributed by atoms with Gasteiger partial charge in [0, 0.05) is 31.5 Å². The van der Waals surface area contributed by atoms with Crippen molar-refractivity contribution in [1.82, 2.24) is 0 Å². The SMILES string of the molecule is Cc1cccc(N(C)CCNc2ccccc2)c1. The molecular formula is C16H20N2. The Morgan fingerprint density at radius 3 is 2.50 bits per heavy atom. The number of likely N-dealkylation sites (N-methyl/N-ethyl adjacent to an activating group) is 1. The van der Waals surface area contributed by atoms with E-state index in [1.165, 1.54) is 16.9 Å². The standard InChI is InChI=1S/C16H20N2/c1-14-7-6-10-16(13-14)18(2)12-11-17-15-8-4-3-5-9-15/h3-10,13,17H,11-12H2,1-2H3. The highest BCUT2D eigenvalue weighted by molar-refractivity contribution is 5.48. The second kappa shape index (κ2) is 6.10. The largest absolute Gasteiger partial charge is 0.383 e. The van der Waals surface area contributed by atoms with Gasteiger partial charge in [0.25, 0.3) is 0 Å². The van der Waals surface area contributed by atoms with E-state index >= 15 is 0 Å². The summed E-state index contributed by atoms with van der Waals surface area (Å²) < 4.78 is 0. The van der Waals surface area contributed by atoms with E-state index in [0.29, 0.717) is 0 Å². The van der Waals surface area contributed by atoms with Crippen LogP contribution in [0, 0.1) is 6.92 Å². The van der Waals surface area contributed by atoms with Gasteiger partial charge in [-0.3, -0.25) is 0 Å². The molecule has 2 rings (SSSR count). The number of hydrogen-bond donors (Lipinski definition) is 1. The lowest BCUT2D eigenvalue weighted by molar-refractivity contribution is 0.914. The summed E-state index contributed by atoms with van der Waals surface area (Å²) in [4.78, 5) is 2.27. The fraction of sp³-hybridized carbons (Fsp3) is 0.250. The lowest BCUT2D eigenvalue weighted by Crippen LogP contribution is -2.24. The van der Waals surface area contributed by atoms with Crippen LogP contribution in [0.2, 0.25) is 0 Å². The van der Waals surface area contributed by atoms with Crippen LogP contribution in [0.4, 0.5) is 11.4 Å². The number of rotatable bonds is 5. The third-order valence-electron chi connectivity index (χ3n) is 2.99. The molecular weight excluding hydrogens is 220 g/mol. The molecule has 0 heterocycles. The summed E-state index contributed by atoms with van der Waals surface area (Å²) in [5, 5.41) is 3.42. The third kappa shape index (κ3) is 3.52. The van der Waals surface area contributed by atoms with Gasteiger partial charge in [0.05, 0.1) is 0 Å². The van der Waals surface area contributed by atoms with Gasteiger partial charge >= 0.3 is 0 Å². The van der Waals surface area contributed by atoms with Gasteiger partial charge in [0.15, 0.2) is 0 Å². The van der Waals surface area contributed by atoms with Gasteiger partial charge < -0.3 is 10.2 Å². The molecule has 18 heavy (non-hydrogen) atoms. The molecule has 0 bridgehead atoms. The Morgan fingerprint density at radius 2 is 1.78 bits per heavy atom. The molecule has 1 N–H and O–H groups in total. The summed E-state index contributed by atoms with van der Waals surface area (Å²) in [7, 11) is 2.13. The van der Waals surface area contributed by atoms with E-state index in [4.69, 9.17) is 0 Å². The molecule has 2 nitrogen and oxygen atoms in total. The van der Waals surface area contributed by atoms with Crippen LogP contribution in [0.3, 0.4) is 0 Å². The fourth-order valence-corrected chi connectivity index (χ4v) is 1.92. The number of nitrogens with zero attached hydrogens (tertiary/aromatic N) is 1. The quantitative estimate of drug-likeness (QED) is 0.860. The van der Waals surface area contributed by atoms with Crippen LogP contribution in [0.1, 0.15) is 5.56 Å². The maximum Gasteiger partial charge on any atom is 0.0366 e. The first-order valence-corrected chi connectivity index (χ1v) is 6.32. The molecule has 0 saturated carbocycles. The van der Waals surface area contributed by atoms with E-state index < -0.39 is 0 Å². The Balaban J connectivity index is 1.83. The highest BCUT2D eigenvalue weighted by atomic mass is 15.1. The minimum atomic E-state index is 0.939. The zero-order valence-corrected chi connectivity index (χ0v) is 11.1. The van der Waals surface area contributed by atoms with E-state index in [1.54, 1.807) is 0 Å². The molecule has 0 radical (unpaired) electrons. The molecule has 2 aromatic carbocycles. The van der Waals surface area contributed by atoms with Crippen molar-refractivity contribution >= 4 is 11.4 Å². The number of aryl methyl sites for hydroxylation is 1. The normalized spacial score (nSPS) is 10.1. The van der Waals surface area contributed by atoms with E-state index in [1.807, 2.05) is 18.2 Å². The number of nitrogens with one attached hydrogen (secondary N) is 1. The molecule has 2 heteroatoms. The van der Waals surface area contributed by atoms with Crippen molar-refractivity contribution < 1.29 is 0 Å². The minimum absolute atomic E-state index is 0.939. The van der Waals surface area contributed by atoms with Crippen LogP contribution in [-0.2, 0) is 0 Å². The van der Waals surface area contributed by atoms with Gasteiger partial charge in [-0.25, -0.2) is 0 Å². The van der Waals surface area contributed by atoms with Crippen LogP contribution in [0.15, 0.2) is 54.6 Å². The molecule has 0 aliphatic carbocycles. The molecule has 0 aliphatic heterocycles. The van der Waals surface area contributed by atoms with Crippen molar-refractivity contribution in [2.75, 3.05) is 30.4 Å². The highest BCUT2D eigenvalue weighted by Gasteiger charge is 2.00. The van der Waals surface area contributed by atoms with Crippen LogP contribution in [0.25, 0.3) is 0 Å². The monoisotopic (exact) mass is 240 g/mol. The molecule has 0 unspecified atom stereocenters. The molecule has 0 amide bonds. The maximum absolute atomic E-state index is 3.42. The average Bonchev–Trinajstić information content (AvgIpc) is 2.40. The van der Waals surface area contributed by atoms with Crippen LogP contribution < -0.4 is 10.2 Å². The van der Waals surface area contributed by atoms with E-state index in [0.717, 1.165) is 13.1 Å². The van der Waals surface area contributed by atoms with Gasteiger partial charge in [0.1, 0.15) is 0 Å². The Kier molecular flexibility index (Phi) is 4.24. The number of para-hydroxylation sites is 1. The number of anilines is 2. The summed E-state index contributed by atoms with van der Waals surface area (Å²) in [6, 6.07) is 18.9. The van der Waals surface area contributed by atoms with Crippen LogP contribution in [-0.4, -0.2) is 20.1 Å². The molecule has 0 aliphatic rings. The van der Waals surface area contributed by atoms with Crippen LogP contribution >= 0.6 is 0 Å². The van der Waals surface area contributed by atoms with Crippen molar-refractivity contribution in [2.45, 2.75) is 6.92 Å². The Hall–Kier alpha value is -1.96. The predicted octanol–water partition coefficient (Wildman–Crippen LogP) is 3.54. The Morgan fingerprint density at radius 1 is 1.00 bits per heavy atom.